The van der Waals surface area contributed by atoms with Crippen molar-refractivity contribution in [1.82, 2.24) is 0 Å². The van der Waals surface area contributed by atoms with E-state index < -0.39 is 10.0 Å². The molecule has 4 N–H and O–H groups in total. The second-order valence-electron chi connectivity index (χ2n) is 3.45. The first kappa shape index (κ1) is 18.5. The van der Waals surface area contributed by atoms with Crippen LogP contribution < -0.4 is 10.9 Å². The second kappa shape index (κ2) is 8.63. The summed E-state index contributed by atoms with van der Waals surface area (Å²) < 4.78 is 21.4. The number of sulfonamides is 1. The van der Waals surface area contributed by atoms with E-state index in [1.165, 1.54) is 24.3 Å². The van der Waals surface area contributed by atoms with Gasteiger partial charge in [0, 0.05) is 10.6 Å². The predicted octanol–water partition coefficient (Wildman–Crippen LogP) is 1.24. The van der Waals surface area contributed by atoms with Crippen molar-refractivity contribution in [3.8, 4) is 0 Å². The first-order valence-electron chi connectivity index (χ1n) is 5.02. The number of anilines is 1. The van der Waals surface area contributed by atoms with Crippen LogP contribution >= 0.6 is 12.6 Å². The van der Waals surface area contributed by atoms with Crippen molar-refractivity contribution in [3.05, 3.63) is 54.6 Å². The Hall–Kier alpha value is -0.500. The number of thiol groups is 1. The summed E-state index contributed by atoms with van der Waals surface area (Å²) in [6, 6.07) is 15.5. The van der Waals surface area contributed by atoms with Gasteiger partial charge in [-0.1, -0.05) is 18.2 Å². The molecule has 2 aromatic carbocycles. The van der Waals surface area contributed by atoms with Crippen molar-refractivity contribution < 1.29 is 8.42 Å². The average molecular weight is 306 g/mol. The van der Waals surface area contributed by atoms with Gasteiger partial charge in [0.25, 0.3) is 0 Å². The molecule has 0 fully saturated rings. The summed E-state index contributed by atoms with van der Waals surface area (Å²) in [7, 11) is -3.58. The third-order valence-electron chi connectivity index (χ3n) is 1.96. The standard InChI is InChI=1S/C6H8N2O2S.C6H6S.Na.H/c7-5-1-3-6(4-2-5)11(8,9)10;7-6-4-2-1-3-5-6;;/h1-4H,7H2,(H2,8,9,10);1-5,7H;;. The van der Waals surface area contributed by atoms with Crippen LogP contribution in [0.1, 0.15) is 0 Å². The van der Waals surface area contributed by atoms with Crippen molar-refractivity contribution in [1.29, 1.82) is 0 Å². The fourth-order valence-corrected chi connectivity index (χ4v) is 1.77. The molecule has 0 aliphatic rings. The molecule has 0 aromatic heterocycles. The van der Waals surface area contributed by atoms with Crippen LogP contribution in [0, 0.1) is 0 Å². The van der Waals surface area contributed by atoms with Crippen LogP contribution in [-0.4, -0.2) is 38.0 Å². The van der Waals surface area contributed by atoms with Crippen LogP contribution in [0.4, 0.5) is 5.69 Å². The number of hydrogen-bond acceptors (Lipinski definition) is 4. The van der Waals surface area contributed by atoms with E-state index in [2.05, 4.69) is 12.6 Å². The monoisotopic (exact) mass is 306 g/mol. The van der Waals surface area contributed by atoms with Gasteiger partial charge < -0.3 is 5.73 Å². The Morgan fingerprint density at radius 2 is 1.37 bits per heavy atom. The van der Waals surface area contributed by atoms with E-state index in [1.54, 1.807) is 0 Å². The van der Waals surface area contributed by atoms with E-state index in [0.717, 1.165) is 4.90 Å². The maximum absolute atomic E-state index is 10.7. The Morgan fingerprint density at radius 3 is 1.68 bits per heavy atom. The van der Waals surface area contributed by atoms with Crippen molar-refractivity contribution >= 4 is 57.9 Å². The van der Waals surface area contributed by atoms with Gasteiger partial charge >= 0.3 is 29.6 Å². The molecule has 19 heavy (non-hydrogen) atoms. The molecule has 0 radical (unpaired) electrons. The zero-order valence-corrected chi connectivity index (χ0v) is 11.2. The number of rotatable bonds is 1. The van der Waals surface area contributed by atoms with Gasteiger partial charge in [-0.25, -0.2) is 13.6 Å². The summed E-state index contributed by atoms with van der Waals surface area (Å²) in [6.45, 7) is 0. The number of nitrogens with two attached hydrogens (primary N) is 2. The topological polar surface area (TPSA) is 86.2 Å². The molecule has 7 heteroatoms. The third kappa shape index (κ3) is 7.61. The summed E-state index contributed by atoms with van der Waals surface area (Å²) in [4.78, 5) is 1.09. The summed E-state index contributed by atoms with van der Waals surface area (Å²) in [6.07, 6.45) is 0. The number of hydrogen-bond donors (Lipinski definition) is 3. The van der Waals surface area contributed by atoms with E-state index in [4.69, 9.17) is 10.9 Å². The summed E-state index contributed by atoms with van der Waals surface area (Å²) in [5, 5.41) is 4.84. The van der Waals surface area contributed by atoms with Crippen LogP contribution in [0.25, 0.3) is 0 Å². The van der Waals surface area contributed by atoms with E-state index in [-0.39, 0.29) is 34.5 Å². The zero-order valence-electron chi connectivity index (χ0n) is 9.52. The molecule has 0 saturated heterocycles. The molecule has 2 aromatic rings. The second-order valence-corrected chi connectivity index (χ2v) is 5.53. The fourth-order valence-electron chi connectivity index (χ4n) is 1.09. The average Bonchev–Trinajstić information content (AvgIpc) is 2.30. The Morgan fingerprint density at radius 1 is 0.895 bits per heavy atom. The van der Waals surface area contributed by atoms with Crippen molar-refractivity contribution in [2.45, 2.75) is 9.79 Å². The predicted molar refractivity (Wildman–Crippen MR) is 83.1 cm³/mol. The number of nitrogen functional groups attached to an aromatic ring is 1. The normalized spacial score (nSPS) is 9.79. The molecule has 0 spiro atoms. The molecule has 0 heterocycles. The van der Waals surface area contributed by atoms with Gasteiger partial charge in [0.15, 0.2) is 0 Å². The molecule has 0 amide bonds. The van der Waals surface area contributed by atoms with Crippen molar-refractivity contribution in [2.75, 3.05) is 5.73 Å². The van der Waals surface area contributed by atoms with E-state index in [9.17, 15) is 8.42 Å². The van der Waals surface area contributed by atoms with Crippen LogP contribution in [0.2, 0.25) is 0 Å². The third-order valence-corrected chi connectivity index (χ3v) is 3.19. The van der Waals surface area contributed by atoms with Gasteiger partial charge in [0.2, 0.25) is 10.0 Å². The zero-order chi connectivity index (χ0) is 13.6. The molecule has 98 valence electrons. The van der Waals surface area contributed by atoms with Gasteiger partial charge in [-0.2, -0.15) is 0 Å². The molecule has 0 aliphatic carbocycles. The minimum absolute atomic E-state index is 0. The Labute approximate surface area is 141 Å². The molecule has 0 atom stereocenters. The fraction of sp³-hybridized carbons (Fsp3) is 0. The van der Waals surface area contributed by atoms with Gasteiger partial charge in [-0.05, 0) is 36.4 Å². The van der Waals surface area contributed by atoms with Crippen molar-refractivity contribution in [3.63, 3.8) is 0 Å². The van der Waals surface area contributed by atoms with Crippen LogP contribution in [0.15, 0.2) is 64.4 Å². The van der Waals surface area contributed by atoms with Crippen LogP contribution in [0.3, 0.4) is 0 Å². The molecular weight excluding hydrogens is 291 g/mol. The van der Waals surface area contributed by atoms with Gasteiger partial charge in [0.1, 0.15) is 0 Å². The van der Waals surface area contributed by atoms with Crippen molar-refractivity contribution in [2.24, 2.45) is 5.14 Å². The molecule has 0 saturated carbocycles. The Kier molecular flexibility index (Phi) is 8.40. The molecule has 4 nitrogen and oxygen atoms in total. The SMILES string of the molecule is Nc1ccc(S(N)(=O)=O)cc1.Sc1ccccc1.[NaH]. The van der Waals surface area contributed by atoms with Gasteiger partial charge in [-0.15, -0.1) is 12.6 Å². The summed E-state index contributed by atoms with van der Waals surface area (Å²) in [5.41, 5.74) is 5.85. The first-order chi connectivity index (χ1) is 8.39. The van der Waals surface area contributed by atoms with Crippen LogP contribution in [0.5, 0.6) is 0 Å². The van der Waals surface area contributed by atoms with Crippen LogP contribution in [-0.2, 0) is 10.0 Å². The minimum atomic E-state index is -3.58. The quantitative estimate of drug-likeness (QED) is 0.421. The van der Waals surface area contributed by atoms with Gasteiger partial charge in [-0.3, -0.25) is 0 Å². The molecule has 0 aliphatic heterocycles. The molecule has 0 unspecified atom stereocenters. The van der Waals surface area contributed by atoms with E-state index in [0.29, 0.717) is 5.69 Å². The first-order valence-corrected chi connectivity index (χ1v) is 7.01. The molecule has 2 rings (SSSR count). The Bertz CT molecular complexity index is 587. The number of primary sulfonamides is 1. The summed E-state index contributed by atoms with van der Waals surface area (Å²) >= 11 is 4.08. The van der Waals surface area contributed by atoms with Gasteiger partial charge in [0.05, 0.1) is 4.90 Å². The Balaban J connectivity index is 0.000000352. The molecule has 0 bridgehead atoms. The van der Waals surface area contributed by atoms with E-state index >= 15 is 0 Å². The van der Waals surface area contributed by atoms with E-state index in [1.807, 2.05) is 30.3 Å². The summed E-state index contributed by atoms with van der Waals surface area (Å²) in [5.74, 6) is 0. The number of benzene rings is 2. The molecular formula is C12H15N2NaO2S2. The maximum atomic E-state index is 10.7.